The summed E-state index contributed by atoms with van der Waals surface area (Å²) < 4.78 is 6.22. The van der Waals surface area contributed by atoms with Gasteiger partial charge in [0.15, 0.2) is 0 Å². The summed E-state index contributed by atoms with van der Waals surface area (Å²) in [4.78, 5) is 2.30. The van der Waals surface area contributed by atoms with Gasteiger partial charge in [0, 0.05) is 45.3 Å². The van der Waals surface area contributed by atoms with Crippen molar-refractivity contribution in [2.45, 2.75) is 0 Å². The van der Waals surface area contributed by atoms with Crippen molar-refractivity contribution in [2.75, 3.05) is 10.2 Å². The van der Waals surface area contributed by atoms with Crippen molar-refractivity contribution in [3.63, 3.8) is 0 Å². The third kappa shape index (κ3) is 7.30. The molecule has 2 heterocycles. The van der Waals surface area contributed by atoms with Crippen molar-refractivity contribution < 1.29 is 4.42 Å². The molecule has 3 nitrogen and oxygen atoms in total. The van der Waals surface area contributed by atoms with E-state index >= 15 is 0 Å². The van der Waals surface area contributed by atoms with Gasteiger partial charge in [-0.15, -0.1) is 0 Å². The molecule has 0 saturated heterocycles. The van der Waals surface area contributed by atoms with E-state index in [0.29, 0.717) is 0 Å². The maximum absolute atomic E-state index is 6.22. The highest BCUT2D eigenvalue weighted by molar-refractivity contribution is 6.06. The molecule has 3 heteroatoms. The molecule has 1 aliphatic heterocycles. The van der Waals surface area contributed by atoms with Gasteiger partial charge < -0.3 is 14.6 Å². The maximum atomic E-state index is 6.22. The number of fused-ring (bicyclic) bond motifs is 4. The summed E-state index contributed by atoms with van der Waals surface area (Å²) in [6.07, 6.45) is 14.4. The van der Waals surface area contributed by atoms with Crippen molar-refractivity contribution >= 4 is 67.5 Å². The highest BCUT2D eigenvalue weighted by atomic mass is 16.3. The molecule has 0 radical (unpaired) electrons. The van der Waals surface area contributed by atoms with Crippen LogP contribution in [0.15, 0.2) is 224 Å². The van der Waals surface area contributed by atoms with Gasteiger partial charge in [-0.1, -0.05) is 159 Å². The van der Waals surface area contributed by atoms with Gasteiger partial charge in [-0.25, -0.2) is 0 Å². The number of nitrogens with zero attached hydrogens (tertiary/aromatic N) is 1. The zero-order chi connectivity index (χ0) is 38.6. The first-order valence-corrected chi connectivity index (χ1v) is 19.1. The van der Waals surface area contributed by atoms with Gasteiger partial charge in [0.2, 0.25) is 0 Å². The average Bonchev–Trinajstić information content (AvgIpc) is 3.64. The summed E-state index contributed by atoms with van der Waals surface area (Å²) >= 11 is 0. The second-order valence-electron chi connectivity index (χ2n) is 14.0. The number of benzene rings is 7. The van der Waals surface area contributed by atoms with E-state index in [0.717, 1.165) is 94.8 Å². The Hall–Kier alpha value is -7.62. The average molecular weight is 733 g/mol. The normalized spacial score (nSPS) is 12.9. The van der Waals surface area contributed by atoms with Crippen LogP contribution >= 0.6 is 0 Å². The van der Waals surface area contributed by atoms with E-state index in [1.807, 2.05) is 42.5 Å². The van der Waals surface area contributed by atoms with Gasteiger partial charge in [0.1, 0.15) is 11.2 Å². The summed E-state index contributed by atoms with van der Waals surface area (Å²) in [7, 11) is 0. The number of hydrogen-bond donors (Lipinski definition) is 1. The summed E-state index contributed by atoms with van der Waals surface area (Å²) in [6.45, 7) is 8.30. The first-order valence-electron chi connectivity index (χ1n) is 19.1. The minimum absolute atomic E-state index is 0.890. The largest absolute Gasteiger partial charge is 0.456 e. The van der Waals surface area contributed by atoms with Gasteiger partial charge in [-0.3, -0.25) is 0 Å². The van der Waals surface area contributed by atoms with Crippen LogP contribution in [0.4, 0.5) is 22.7 Å². The first kappa shape index (κ1) is 35.1. The zero-order valence-corrected chi connectivity index (χ0v) is 31.5. The Kier molecular flexibility index (Phi) is 9.62. The Bertz CT molecular complexity index is 2870. The molecular formula is C54H40N2O. The summed E-state index contributed by atoms with van der Waals surface area (Å²) in [6, 6.07) is 59.5. The van der Waals surface area contributed by atoms with Crippen LogP contribution < -0.4 is 10.2 Å². The van der Waals surface area contributed by atoms with E-state index in [1.54, 1.807) is 0 Å². The Labute approximate surface area is 333 Å². The molecule has 57 heavy (non-hydrogen) atoms. The SMILES string of the molecule is C=C/C=C(\C=Cc1ccccc1)c1ccc(N(c2ccc(C3=CNc4ccccc4C(=C)C=C3)cc2)c2ccc(-c3ccc4c(c3)oc3ccccc34)cc2)cc1. The fraction of sp³-hybridized carbons (Fsp3) is 0. The number of furan rings is 1. The molecule has 0 amide bonds. The molecular weight excluding hydrogens is 693 g/mol. The Balaban J connectivity index is 1.06. The van der Waals surface area contributed by atoms with E-state index in [4.69, 9.17) is 4.42 Å². The quantitative estimate of drug-likeness (QED) is 0.150. The van der Waals surface area contributed by atoms with E-state index < -0.39 is 0 Å². The Morgan fingerprint density at radius 1 is 0.579 bits per heavy atom. The molecule has 0 bridgehead atoms. The molecule has 0 aliphatic carbocycles. The minimum Gasteiger partial charge on any atom is -0.456 e. The van der Waals surface area contributed by atoms with Crippen molar-refractivity contribution in [2.24, 2.45) is 0 Å². The highest BCUT2D eigenvalue weighted by Gasteiger charge is 2.15. The predicted octanol–water partition coefficient (Wildman–Crippen LogP) is 15.0. The Morgan fingerprint density at radius 2 is 1.21 bits per heavy atom. The number of para-hydroxylation sites is 2. The lowest BCUT2D eigenvalue weighted by Gasteiger charge is -2.26. The van der Waals surface area contributed by atoms with E-state index in [2.05, 4.69) is 193 Å². The molecule has 0 unspecified atom stereocenters. The van der Waals surface area contributed by atoms with Gasteiger partial charge in [0.05, 0.1) is 0 Å². The number of rotatable bonds is 9. The van der Waals surface area contributed by atoms with Crippen molar-refractivity contribution in [3.05, 3.63) is 242 Å². The monoisotopic (exact) mass is 732 g/mol. The van der Waals surface area contributed by atoms with Crippen LogP contribution in [0.5, 0.6) is 0 Å². The fourth-order valence-electron chi connectivity index (χ4n) is 7.44. The summed E-state index contributed by atoms with van der Waals surface area (Å²) in [5, 5.41) is 5.77. The molecule has 7 aromatic carbocycles. The molecule has 0 saturated carbocycles. The lowest BCUT2D eigenvalue weighted by atomic mass is 9.99. The highest BCUT2D eigenvalue weighted by Crippen LogP contribution is 2.39. The Morgan fingerprint density at radius 3 is 1.96 bits per heavy atom. The van der Waals surface area contributed by atoms with Crippen molar-refractivity contribution in [1.29, 1.82) is 0 Å². The number of anilines is 4. The molecule has 0 atom stereocenters. The third-order valence-electron chi connectivity index (χ3n) is 10.4. The van der Waals surface area contributed by atoms with E-state index in [-0.39, 0.29) is 0 Å². The van der Waals surface area contributed by atoms with Crippen LogP contribution in [-0.4, -0.2) is 0 Å². The number of nitrogens with one attached hydrogen (secondary N) is 1. The lowest BCUT2D eigenvalue weighted by Crippen LogP contribution is -2.10. The molecule has 0 spiro atoms. The van der Waals surface area contributed by atoms with Gasteiger partial charge in [-0.05, 0) is 105 Å². The lowest BCUT2D eigenvalue weighted by molar-refractivity contribution is 0.669. The maximum Gasteiger partial charge on any atom is 0.136 e. The molecule has 1 aliphatic rings. The number of allylic oxidation sites excluding steroid dienone is 8. The molecule has 272 valence electrons. The number of hydrogen-bond acceptors (Lipinski definition) is 3. The second kappa shape index (κ2) is 15.6. The smallest absolute Gasteiger partial charge is 0.136 e. The summed E-state index contributed by atoms with van der Waals surface area (Å²) in [5.74, 6) is 0. The molecule has 1 aromatic heterocycles. The fourth-order valence-corrected chi connectivity index (χ4v) is 7.44. The zero-order valence-electron chi connectivity index (χ0n) is 31.5. The van der Waals surface area contributed by atoms with Crippen LogP contribution in [-0.2, 0) is 0 Å². The van der Waals surface area contributed by atoms with Gasteiger partial charge in [-0.2, -0.15) is 0 Å². The van der Waals surface area contributed by atoms with Gasteiger partial charge in [0.25, 0.3) is 0 Å². The van der Waals surface area contributed by atoms with Crippen molar-refractivity contribution in [1.82, 2.24) is 0 Å². The third-order valence-corrected chi connectivity index (χ3v) is 10.4. The predicted molar refractivity (Wildman–Crippen MR) is 244 cm³/mol. The van der Waals surface area contributed by atoms with Crippen LogP contribution in [0.25, 0.3) is 55.9 Å². The standard InChI is InChI=1S/C54H40N2O/c1-3-11-40(21-19-39-12-5-4-6-13-39)41-22-29-46(30-23-41)56(48-33-26-43(27-34-48)45-20-18-38(2)49-14-7-9-16-52(49)55-37-45)47-31-24-42(25-32-47)44-28-35-51-50-15-8-10-17-53(50)57-54(51)36-44/h3-37,55H,1-2H2/b20-18?,21-19?,40-11+,45-37?. The van der Waals surface area contributed by atoms with Crippen LogP contribution in [0.2, 0.25) is 0 Å². The van der Waals surface area contributed by atoms with Crippen LogP contribution in [0, 0.1) is 0 Å². The van der Waals surface area contributed by atoms with Crippen molar-refractivity contribution in [3.8, 4) is 11.1 Å². The molecule has 0 fully saturated rings. The van der Waals surface area contributed by atoms with E-state index in [1.165, 1.54) is 0 Å². The first-order chi connectivity index (χ1) is 28.1. The topological polar surface area (TPSA) is 28.4 Å². The molecule has 9 rings (SSSR count). The minimum atomic E-state index is 0.890. The van der Waals surface area contributed by atoms with Crippen LogP contribution in [0.3, 0.4) is 0 Å². The molecule has 8 aromatic rings. The van der Waals surface area contributed by atoms with Gasteiger partial charge >= 0.3 is 0 Å². The van der Waals surface area contributed by atoms with E-state index in [9.17, 15) is 0 Å². The summed E-state index contributed by atoms with van der Waals surface area (Å²) in [5.41, 5.74) is 15.8. The van der Waals surface area contributed by atoms with Crippen LogP contribution in [0.1, 0.15) is 22.3 Å². The second-order valence-corrected chi connectivity index (χ2v) is 14.0. The molecule has 1 N–H and O–H groups in total.